The number of carbonyl (C=O) groups is 4. The Labute approximate surface area is 371 Å². The summed E-state index contributed by atoms with van der Waals surface area (Å²) in [6.07, 6.45) is -13.9. The molecule has 3 aromatic carbocycles. The second-order valence-electron chi connectivity index (χ2n) is 16.5. The number of methoxy groups -OCH3 is 1. The Bertz CT molecular complexity index is 2380. The lowest BCUT2D eigenvalue weighted by Crippen LogP contribution is -2.65. The first-order valence-corrected chi connectivity index (χ1v) is 21.0. The number of ether oxygens (including phenoxy) is 5. The van der Waals surface area contributed by atoms with Crippen LogP contribution in [0.15, 0.2) is 24.3 Å². The quantitative estimate of drug-likeness (QED) is 0.0628. The molecule has 352 valence electrons. The molecule has 21 nitrogen and oxygen atoms in total. The summed E-state index contributed by atoms with van der Waals surface area (Å²) in [6.45, 7) is 6.30. The Balaban J connectivity index is 1.33. The van der Waals surface area contributed by atoms with Crippen molar-refractivity contribution in [1.82, 2.24) is 16.1 Å². The van der Waals surface area contributed by atoms with E-state index in [9.17, 15) is 60.0 Å². The number of phenols is 3. The largest absolute Gasteiger partial charge is 0.507 e. The fourth-order valence-electron chi connectivity index (χ4n) is 8.75. The molecule has 2 heterocycles. The minimum atomic E-state index is -1.89. The topological polar surface area (TPSA) is 322 Å². The molecule has 1 amide bonds. The highest BCUT2D eigenvalue weighted by atomic mass is 16.7. The number of aliphatic hydroxyl groups excluding tert-OH is 5. The average molecular weight is 912 g/mol. The molecule has 2 saturated heterocycles. The van der Waals surface area contributed by atoms with Crippen LogP contribution < -0.4 is 20.9 Å². The summed E-state index contributed by atoms with van der Waals surface area (Å²) in [5, 5.41) is 95.8. The van der Waals surface area contributed by atoms with Gasteiger partial charge in [0.2, 0.25) is 0 Å². The summed E-state index contributed by atoms with van der Waals surface area (Å²) < 4.78 is 29.1. The van der Waals surface area contributed by atoms with Gasteiger partial charge >= 0.3 is 5.97 Å². The van der Waals surface area contributed by atoms with E-state index < -0.39 is 143 Å². The zero-order chi connectivity index (χ0) is 47.3. The molecule has 0 spiro atoms. The van der Waals surface area contributed by atoms with Crippen molar-refractivity contribution < 1.29 is 88.6 Å². The van der Waals surface area contributed by atoms with Crippen molar-refractivity contribution in [3.8, 4) is 34.1 Å². The standard InChI is InChI=1S/C44H53N3O18/c1-7-8-9-46-65-42(59)16(3)47-41(58)25-15(2)10-22-28(35(25)54)27-20(13-21-29(36(27)55)32(51)19-11-18(60-6)12-23(48)26(19)31(21)50)33(52)39(22)63-44-38(57)40(30(45-5)17(4)62-44)64-43-37(56)34(53)24(49)14-61-43/h10-13,16-17,24,30,33-34,37-40,43-46,48-49,52-57H,7-9,14H2,1-6H3,(H,47,58)/t16-,17?,24?,30?,33+,34?,37?,38?,39+,40?,43?,44?/m1/s1. The van der Waals surface area contributed by atoms with Crippen LogP contribution in [-0.2, 0) is 28.6 Å². The number of hydrogen-bond acceptors (Lipinski definition) is 20. The minimum Gasteiger partial charge on any atom is -0.507 e. The first-order chi connectivity index (χ1) is 30.9. The fourth-order valence-corrected chi connectivity index (χ4v) is 8.75. The predicted octanol–water partition coefficient (Wildman–Crippen LogP) is 0.152. The molecule has 0 aromatic heterocycles. The number of likely N-dealkylation sites (N-methyl/N-ethyl adjacent to an activating group) is 1. The van der Waals surface area contributed by atoms with Gasteiger partial charge < -0.3 is 80.0 Å². The van der Waals surface area contributed by atoms with Crippen molar-refractivity contribution in [2.45, 2.75) is 114 Å². The summed E-state index contributed by atoms with van der Waals surface area (Å²) >= 11 is 0. The van der Waals surface area contributed by atoms with E-state index in [1.165, 1.54) is 33.1 Å². The number of unbranched alkanes of at least 4 members (excludes halogenated alkanes) is 1. The van der Waals surface area contributed by atoms with Crippen LogP contribution in [0.5, 0.6) is 23.0 Å². The smallest absolute Gasteiger partial charge is 0.346 e. The Hall–Kier alpha value is -5.30. The van der Waals surface area contributed by atoms with Crippen LogP contribution in [0.2, 0.25) is 0 Å². The number of ketones is 2. The van der Waals surface area contributed by atoms with Gasteiger partial charge in [-0.3, -0.25) is 14.4 Å². The molecule has 2 aliphatic heterocycles. The maximum atomic E-state index is 14.2. The number of rotatable bonds is 13. The van der Waals surface area contributed by atoms with Gasteiger partial charge in [0.1, 0.15) is 71.8 Å². The predicted molar refractivity (Wildman–Crippen MR) is 222 cm³/mol. The Morgan fingerprint density at radius 3 is 2.22 bits per heavy atom. The highest BCUT2D eigenvalue weighted by molar-refractivity contribution is 6.31. The third kappa shape index (κ3) is 8.42. The van der Waals surface area contributed by atoms with Gasteiger partial charge in [-0.2, -0.15) is 5.48 Å². The Morgan fingerprint density at radius 2 is 1.54 bits per heavy atom. The molecular formula is C44H53N3O18. The summed E-state index contributed by atoms with van der Waals surface area (Å²) in [5.41, 5.74) is -0.583. The van der Waals surface area contributed by atoms with Crippen LogP contribution in [-0.4, -0.2) is 153 Å². The van der Waals surface area contributed by atoms with E-state index >= 15 is 0 Å². The third-order valence-electron chi connectivity index (χ3n) is 12.2. The SMILES string of the molecule is CCCCNOC(=O)[C@@H](C)NC(=O)c1c(C)cc2c(c1O)-c1c(cc3c(c1O)C(=O)c1cc(OC)cc(O)c1C3=O)[C@H](O)[C@H]2OC1OC(C)C(NC)C(OC2OCC(O)C(O)C2O)C1O. The van der Waals surface area contributed by atoms with Crippen LogP contribution in [0.3, 0.4) is 0 Å². The summed E-state index contributed by atoms with van der Waals surface area (Å²) in [6, 6.07) is 2.72. The number of fused-ring (bicyclic) bond motifs is 5. The van der Waals surface area contributed by atoms with Crippen LogP contribution in [0.25, 0.3) is 11.1 Å². The number of aryl methyl sites for hydroxylation is 1. The van der Waals surface area contributed by atoms with E-state index in [1.54, 1.807) is 14.0 Å². The van der Waals surface area contributed by atoms with E-state index in [2.05, 4.69) is 16.1 Å². The van der Waals surface area contributed by atoms with E-state index in [0.29, 0.717) is 13.0 Å². The number of amides is 1. The van der Waals surface area contributed by atoms with Crippen molar-refractivity contribution in [3.05, 3.63) is 68.8 Å². The molecule has 11 N–H and O–H groups in total. The Morgan fingerprint density at radius 1 is 0.862 bits per heavy atom. The summed E-state index contributed by atoms with van der Waals surface area (Å²) in [4.78, 5) is 60.1. The minimum absolute atomic E-state index is 0.0247. The highest BCUT2D eigenvalue weighted by Gasteiger charge is 2.51. The lowest BCUT2D eigenvalue weighted by Gasteiger charge is -2.47. The maximum absolute atomic E-state index is 14.2. The van der Waals surface area contributed by atoms with Gasteiger partial charge in [0.05, 0.1) is 42.6 Å². The fraction of sp³-hybridized carbons (Fsp3) is 0.500. The second-order valence-corrected chi connectivity index (χ2v) is 16.5. The van der Waals surface area contributed by atoms with Gasteiger partial charge in [0, 0.05) is 34.9 Å². The lowest BCUT2D eigenvalue weighted by atomic mass is 9.74. The molecular weight excluding hydrogens is 858 g/mol. The number of hydroxylamine groups is 1. The van der Waals surface area contributed by atoms with Gasteiger partial charge in [-0.05, 0) is 63.1 Å². The number of phenolic OH excluding ortho intramolecular Hbond substituents is 3. The molecule has 2 fully saturated rings. The average Bonchev–Trinajstić information content (AvgIpc) is 3.26. The Kier molecular flexibility index (Phi) is 13.9. The molecule has 12 atom stereocenters. The molecule has 21 heteroatoms. The molecule has 2 aliphatic carbocycles. The van der Waals surface area contributed by atoms with Crippen molar-refractivity contribution in [1.29, 1.82) is 0 Å². The monoisotopic (exact) mass is 911 g/mol. The zero-order valence-electron chi connectivity index (χ0n) is 36.2. The van der Waals surface area contributed by atoms with Gasteiger partial charge in [-0.1, -0.05) is 19.4 Å². The summed E-state index contributed by atoms with van der Waals surface area (Å²) in [7, 11) is 2.82. The van der Waals surface area contributed by atoms with E-state index in [4.69, 9.17) is 28.5 Å². The molecule has 65 heavy (non-hydrogen) atoms. The molecule has 0 radical (unpaired) electrons. The van der Waals surface area contributed by atoms with Crippen LogP contribution >= 0.6 is 0 Å². The number of nitrogens with one attached hydrogen (secondary N) is 3. The first-order valence-electron chi connectivity index (χ1n) is 21.0. The van der Waals surface area contributed by atoms with Gasteiger partial charge in [0.15, 0.2) is 24.1 Å². The number of aromatic hydroxyl groups is 3. The van der Waals surface area contributed by atoms with Crippen LogP contribution in [0, 0.1) is 6.92 Å². The number of aliphatic hydroxyl groups is 5. The molecule has 0 saturated carbocycles. The van der Waals surface area contributed by atoms with E-state index in [1.807, 2.05) is 6.92 Å². The molecule has 0 bridgehead atoms. The molecule has 7 rings (SSSR count). The van der Waals surface area contributed by atoms with Gasteiger partial charge in [-0.25, -0.2) is 4.79 Å². The second kappa shape index (κ2) is 18.9. The van der Waals surface area contributed by atoms with E-state index in [0.717, 1.165) is 18.6 Å². The molecule has 3 aromatic rings. The van der Waals surface area contributed by atoms with Gasteiger partial charge in [-0.15, -0.1) is 0 Å². The molecule has 9 unspecified atom stereocenters. The maximum Gasteiger partial charge on any atom is 0.346 e. The number of benzene rings is 3. The van der Waals surface area contributed by atoms with Crippen molar-refractivity contribution in [2.24, 2.45) is 0 Å². The van der Waals surface area contributed by atoms with Crippen molar-refractivity contribution >= 4 is 23.4 Å². The first kappa shape index (κ1) is 47.7. The van der Waals surface area contributed by atoms with E-state index in [-0.39, 0.29) is 39.1 Å². The lowest BCUT2D eigenvalue weighted by molar-refractivity contribution is -0.339. The van der Waals surface area contributed by atoms with Gasteiger partial charge in [0.25, 0.3) is 5.91 Å². The number of carbonyl (C=O) groups excluding carboxylic acids is 4. The van der Waals surface area contributed by atoms with Crippen molar-refractivity contribution in [3.63, 3.8) is 0 Å². The normalized spacial score (nSPS) is 28.6. The summed E-state index contributed by atoms with van der Waals surface area (Å²) in [5.74, 6) is -5.90. The third-order valence-corrected chi connectivity index (χ3v) is 12.2. The van der Waals surface area contributed by atoms with Crippen LogP contribution in [0.4, 0.5) is 0 Å². The van der Waals surface area contributed by atoms with Crippen LogP contribution in [0.1, 0.15) is 105 Å². The zero-order valence-corrected chi connectivity index (χ0v) is 36.2. The van der Waals surface area contributed by atoms with Crippen molar-refractivity contribution in [2.75, 3.05) is 27.3 Å². The molecule has 4 aliphatic rings. The highest BCUT2D eigenvalue weighted by Crippen LogP contribution is 2.57. The number of hydrogen-bond donors (Lipinski definition) is 11.